The van der Waals surface area contributed by atoms with Crippen molar-refractivity contribution < 1.29 is 14.2 Å². The van der Waals surface area contributed by atoms with E-state index in [0.717, 1.165) is 43.2 Å². The molecule has 5 nitrogen and oxygen atoms in total. The molecule has 1 heterocycles. The zero-order valence-corrected chi connectivity index (χ0v) is 14.1. The molecule has 0 spiro atoms. The predicted octanol–water partition coefficient (Wildman–Crippen LogP) is 2.13. The van der Waals surface area contributed by atoms with E-state index in [1.54, 1.807) is 21.3 Å². The Kier molecular flexibility index (Phi) is 5.91. The number of hydrogen-bond acceptors (Lipinski definition) is 5. The van der Waals surface area contributed by atoms with Crippen molar-refractivity contribution in [2.24, 2.45) is 17.6 Å². The Morgan fingerprint density at radius 3 is 2.32 bits per heavy atom. The van der Waals surface area contributed by atoms with Gasteiger partial charge in [-0.3, -0.25) is 4.90 Å². The van der Waals surface area contributed by atoms with Crippen LogP contribution in [0.5, 0.6) is 17.2 Å². The molecule has 0 radical (unpaired) electrons. The predicted molar refractivity (Wildman–Crippen MR) is 87.7 cm³/mol. The standard InChI is InChI=1S/C17H28N2O3/c1-12-5-6-19(11-14(12)9-18)10-13-7-16(21-3)17(22-4)8-15(13)20-2/h7-8,12,14H,5-6,9-11,18H2,1-4H3. The summed E-state index contributed by atoms with van der Waals surface area (Å²) in [6, 6.07) is 3.90. The van der Waals surface area contributed by atoms with Crippen molar-refractivity contribution in [1.82, 2.24) is 4.90 Å². The topological polar surface area (TPSA) is 57.0 Å². The smallest absolute Gasteiger partial charge is 0.164 e. The molecule has 1 aromatic rings. The Hall–Kier alpha value is -1.46. The van der Waals surface area contributed by atoms with Crippen LogP contribution in [0.4, 0.5) is 0 Å². The summed E-state index contributed by atoms with van der Waals surface area (Å²) in [7, 11) is 4.97. The summed E-state index contributed by atoms with van der Waals surface area (Å²) in [5.41, 5.74) is 7.02. The largest absolute Gasteiger partial charge is 0.496 e. The van der Waals surface area contributed by atoms with Crippen LogP contribution in [0, 0.1) is 11.8 Å². The molecule has 1 aromatic carbocycles. The van der Waals surface area contributed by atoms with Crippen LogP contribution in [-0.4, -0.2) is 45.9 Å². The Morgan fingerprint density at radius 2 is 1.73 bits per heavy atom. The molecule has 1 saturated heterocycles. The van der Waals surface area contributed by atoms with E-state index < -0.39 is 0 Å². The summed E-state index contributed by atoms with van der Waals surface area (Å²) in [6.07, 6.45) is 1.19. The molecule has 2 N–H and O–H groups in total. The van der Waals surface area contributed by atoms with Gasteiger partial charge in [0.05, 0.1) is 21.3 Å². The first-order chi connectivity index (χ1) is 10.6. The quantitative estimate of drug-likeness (QED) is 0.872. The number of nitrogens with two attached hydrogens (primary N) is 1. The van der Waals surface area contributed by atoms with Crippen LogP contribution in [0.15, 0.2) is 12.1 Å². The van der Waals surface area contributed by atoms with Crippen molar-refractivity contribution in [1.29, 1.82) is 0 Å². The van der Waals surface area contributed by atoms with Gasteiger partial charge in [-0.05, 0) is 37.4 Å². The van der Waals surface area contributed by atoms with Gasteiger partial charge in [0.2, 0.25) is 0 Å². The monoisotopic (exact) mass is 308 g/mol. The maximum atomic E-state index is 5.90. The van der Waals surface area contributed by atoms with Crippen LogP contribution in [-0.2, 0) is 6.54 Å². The van der Waals surface area contributed by atoms with E-state index >= 15 is 0 Å². The summed E-state index contributed by atoms with van der Waals surface area (Å²) in [6.45, 7) is 6.02. The van der Waals surface area contributed by atoms with Gasteiger partial charge in [0.15, 0.2) is 11.5 Å². The number of likely N-dealkylation sites (tertiary alicyclic amines) is 1. The van der Waals surface area contributed by atoms with Gasteiger partial charge in [-0.1, -0.05) is 6.92 Å². The molecule has 0 saturated carbocycles. The Bertz CT molecular complexity index is 493. The van der Waals surface area contributed by atoms with Crippen molar-refractivity contribution in [3.63, 3.8) is 0 Å². The van der Waals surface area contributed by atoms with Crippen LogP contribution in [0.25, 0.3) is 0 Å². The lowest BCUT2D eigenvalue weighted by atomic mass is 9.87. The number of benzene rings is 1. The van der Waals surface area contributed by atoms with Crippen molar-refractivity contribution in [3.05, 3.63) is 17.7 Å². The van der Waals surface area contributed by atoms with Crippen LogP contribution < -0.4 is 19.9 Å². The number of methoxy groups -OCH3 is 3. The molecule has 1 aliphatic rings. The lowest BCUT2D eigenvalue weighted by molar-refractivity contribution is 0.125. The van der Waals surface area contributed by atoms with E-state index in [0.29, 0.717) is 17.6 Å². The fourth-order valence-corrected chi connectivity index (χ4v) is 3.13. The van der Waals surface area contributed by atoms with E-state index in [-0.39, 0.29) is 0 Å². The number of hydrogen-bond donors (Lipinski definition) is 1. The van der Waals surface area contributed by atoms with Gasteiger partial charge in [0, 0.05) is 24.7 Å². The van der Waals surface area contributed by atoms with E-state index in [4.69, 9.17) is 19.9 Å². The highest BCUT2D eigenvalue weighted by Crippen LogP contribution is 2.36. The minimum absolute atomic E-state index is 0.569. The van der Waals surface area contributed by atoms with Crippen LogP contribution in [0.2, 0.25) is 0 Å². The summed E-state index contributed by atoms with van der Waals surface area (Å²) >= 11 is 0. The van der Waals surface area contributed by atoms with E-state index in [1.165, 1.54) is 6.42 Å². The lowest BCUT2D eigenvalue weighted by Gasteiger charge is -2.36. The fraction of sp³-hybridized carbons (Fsp3) is 0.647. The van der Waals surface area contributed by atoms with Crippen molar-refractivity contribution in [3.8, 4) is 17.2 Å². The third-order valence-electron chi connectivity index (χ3n) is 4.68. The lowest BCUT2D eigenvalue weighted by Crippen LogP contribution is -2.42. The minimum Gasteiger partial charge on any atom is -0.496 e. The van der Waals surface area contributed by atoms with Gasteiger partial charge in [0.1, 0.15) is 5.75 Å². The minimum atomic E-state index is 0.569. The van der Waals surface area contributed by atoms with Gasteiger partial charge in [-0.15, -0.1) is 0 Å². The normalized spacial score (nSPS) is 22.4. The third-order valence-corrected chi connectivity index (χ3v) is 4.68. The molecule has 5 heteroatoms. The van der Waals surface area contributed by atoms with Crippen LogP contribution in [0.1, 0.15) is 18.9 Å². The zero-order chi connectivity index (χ0) is 16.1. The van der Waals surface area contributed by atoms with Gasteiger partial charge >= 0.3 is 0 Å². The maximum absolute atomic E-state index is 5.90. The Labute approximate surface area is 133 Å². The average molecular weight is 308 g/mol. The first-order valence-electron chi connectivity index (χ1n) is 7.84. The molecule has 0 aliphatic carbocycles. The maximum Gasteiger partial charge on any atom is 0.164 e. The first-order valence-corrected chi connectivity index (χ1v) is 7.84. The number of nitrogens with zero attached hydrogens (tertiary/aromatic N) is 1. The Balaban J connectivity index is 2.18. The van der Waals surface area contributed by atoms with E-state index in [9.17, 15) is 0 Å². The first kappa shape index (κ1) is 16.9. The number of rotatable bonds is 6. The van der Waals surface area contributed by atoms with Gasteiger partial charge < -0.3 is 19.9 Å². The molecule has 0 amide bonds. The van der Waals surface area contributed by atoms with Crippen molar-refractivity contribution >= 4 is 0 Å². The van der Waals surface area contributed by atoms with Crippen molar-refractivity contribution in [2.75, 3.05) is 41.0 Å². The summed E-state index contributed by atoms with van der Waals surface area (Å²) in [5.74, 6) is 3.53. The average Bonchev–Trinajstić information content (AvgIpc) is 2.56. The highest BCUT2D eigenvalue weighted by atomic mass is 16.5. The summed E-state index contributed by atoms with van der Waals surface area (Å²) in [5, 5.41) is 0. The molecular weight excluding hydrogens is 280 g/mol. The molecule has 0 aromatic heterocycles. The van der Waals surface area contributed by atoms with Gasteiger partial charge in [-0.25, -0.2) is 0 Å². The molecule has 22 heavy (non-hydrogen) atoms. The van der Waals surface area contributed by atoms with Crippen LogP contribution >= 0.6 is 0 Å². The fourth-order valence-electron chi connectivity index (χ4n) is 3.13. The molecule has 1 fully saturated rings. The van der Waals surface area contributed by atoms with Crippen molar-refractivity contribution in [2.45, 2.75) is 19.9 Å². The second-order valence-electron chi connectivity index (χ2n) is 6.02. The number of piperidine rings is 1. The molecular formula is C17H28N2O3. The molecule has 1 aliphatic heterocycles. The second kappa shape index (κ2) is 7.70. The SMILES string of the molecule is COc1cc(OC)c(OC)cc1CN1CCC(C)C(CN)C1. The Morgan fingerprint density at radius 1 is 1.09 bits per heavy atom. The van der Waals surface area contributed by atoms with E-state index in [1.807, 2.05) is 12.1 Å². The summed E-state index contributed by atoms with van der Waals surface area (Å²) in [4.78, 5) is 2.45. The molecule has 2 atom stereocenters. The molecule has 2 unspecified atom stereocenters. The molecule has 124 valence electrons. The van der Waals surface area contributed by atoms with E-state index in [2.05, 4.69) is 11.8 Å². The van der Waals surface area contributed by atoms with Crippen LogP contribution in [0.3, 0.4) is 0 Å². The second-order valence-corrected chi connectivity index (χ2v) is 6.02. The number of ether oxygens (including phenoxy) is 3. The van der Waals surface area contributed by atoms with Gasteiger partial charge in [0.25, 0.3) is 0 Å². The highest BCUT2D eigenvalue weighted by Gasteiger charge is 2.26. The third kappa shape index (κ3) is 3.65. The zero-order valence-electron chi connectivity index (χ0n) is 14.1. The van der Waals surface area contributed by atoms with Gasteiger partial charge in [-0.2, -0.15) is 0 Å². The molecule has 2 rings (SSSR count). The highest BCUT2D eigenvalue weighted by molar-refractivity contribution is 5.50. The summed E-state index contributed by atoms with van der Waals surface area (Å²) < 4.78 is 16.3. The molecule has 0 bridgehead atoms.